The highest BCUT2D eigenvalue weighted by Gasteiger charge is 2.43. The van der Waals surface area contributed by atoms with Gasteiger partial charge in [0.2, 0.25) is 5.28 Å². The predicted octanol–water partition coefficient (Wildman–Crippen LogP) is -1.46. The third-order valence-electron chi connectivity index (χ3n) is 2.26. The summed E-state index contributed by atoms with van der Waals surface area (Å²) in [7, 11) is 0. The molecule has 2 heterocycles. The molecule has 15 heavy (non-hydrogen) atoms. The molecule has 1 aliphatic heterocycles. The Hall–Kier alpha value is -0.730. The van der Waals surface area contributed by atoms with Crippen molar-refractivity contribution >= 4 is 11.6 Å². The largest absolute Gasteiger partial charge is 0.394 e. The van der Waals surface area contributed by atoms with E-state index in [2.05, 4.69) is 10.1 Å². The average molecular weight is 236 g/mol. The highest BCUT2D eigenvalue weighted by atomic mass is 35.5. The fourth-order valence-corrected chi connectivity index (χ4v) is 1.61. The van der Waals surface area contributed by atoms with Crippen LogP contribution in [-0.4, -0.2) is 55.0 Å². The zero-order chi connectivity index (χ0) is 11.0. The van der Waals surface area contributed by atoms with Gasteiger partial charge in [-0.05, 0) is 11.6 Å². The highest BCUT2D eigenvalue weighted by molar-refractivity contribution is 6.28. The molecule has 4 atom stereocenters. The van der Waals surface area contributed by atoms with E-state index in [4.69, 9.17) is 21.4 Å². The molecule has 0 unspecified atom stereocenters. The maximum atomic E-state index is 9.60. The first-order valence-electron chi connectivity index (χ1n) is 4.32. The molecular formula is C7H10ClN3O4. The number of rotatable bonds is 2. The summed E-state index contributed by atoms with van der Waals surface area (Å²) in [6.07, 6.45) is -2.74. The number of hydrogen-bond acceptors (Lipinski definition) is 6. The molecule has 0 radical (unpaired) electrons. The van der Waals surface area contributed by atoms with Gasteiger partial charge in [0.15, 0.2) is 6.23 Å². The summed E-state index contributed by atoms with van der Waals surface area (Å²) in [6.45, 7) is -0.378. The van der Waals surface area contributed by atoms with Gasteiger partial charge < -0.3 is 20.1 Å². The quantitative estimate of drug-likeness (QED) is 0.580. The van der Waals surface area contributed by atoms with Crippen LogP contribution in [-0.2, 0) is 4.74 Å². The smallest absolute Gasteiger partial charge is 0.242 e. The standard InChI is InChI=1S/C7H10ClN3O4/c8-7-9-2-11(10-7)6-5(14)4(13)3(1-12)15-6/h2-6,12-14H,1H2/t3-,4-,5-,6-/m0/s1. The summed E-state index contributed by atoms with van der Waals surface area (Å²) in [6, 6.07) is 0. The monoisotopic (exact) mass is 235 g/mol. The number of hydrogen-bond donors (Lipinski definition) is 3. The molecule has 1 aliphatic rings. The third kappa shape index (κ3) is 1.84. The molecule has 8 heteroatoms. The van der Waals surface area contributed by atoms with Gasteiger partial charge in [-0.2, -0.15) is 0 Å². The van der Waals surface area contributed by atoms with E-state index in [0.29, 0.717) is 0 Å². The number of ether oxygens (including phenoxy) is 1. The van der Waals surface area contributed by atoms with E-state index in [1.165, 1.54) is 11.0 Å². The van der Waals surface area contributed by atoms with Gasteiger partial charge in [0.05, 0.1) is 6.61 Å². The highest BCUT2D eigenvalue weighted by Crippen LogP contribution is 2.28. The molecule has 1 aromatic heterocycles. The lowest BCUT2D eigenvalue weighted by atomic mass is 10.1. The summed E-state index contributed by atoms with van der Waals surface area (Å²) in [5, 5.41) is 31.7. The fraction of sp³-hybridized carbons (Fsp3) is 0.714. The van der Waals surface area contributed by atoms with Crippen LogP contribution in [0.25, 0.3) is 0 Å². The van der Waals surface area contributed by atoms with Crippen molar-refractivity contribution in [1.29, 1.82) is 0 Å². The van der Waals surface area contributed by atoms with Gasteiger partial charge in [0.25, 0.3) is 0 Å². The summed E-state index contributed by atoms with van der Waals surface area (Å²) >= 11 is 5.50. The van der Waals surface area contributed by atoms with E-state index in [-0.39, 0.29) is 11.9 Å². The average Bonchev–Trinajstić information content (AvgIpc) is 2.74. The van der Waals surface area contributed by atoms with Crippen LogP contribution in [0.1, 0.15) is 6.23 Å². The summed E-state index contributed by atoms with van der Waals surface area (Å²) in [5.41, 5.74) is 0. The lowest BCUT2D eigenvalue weighted by Gasteiger charge is -2.13. The number of aliphatic hydroxyl groups excluding tert-OH is 3. The summed E-state index contributed by atoms with van der Waals surface area (Å²) < 4.78 is 6.39. The van der Waals surface area contributed by atoms with Crippen LogP contribution in [0.4, 0.5) is 0 Å². The van der Waals surface area contributed by atoms with E-state index in [1.54, 1.807) is 0 Å². The van der Waals surface area contributed by atoms with Crippen LogP contribution in [0, 0.1) is 0 Å². The first kappa shape index (κ1) is 10.8. The Morgan fingerprint density at radius 3 is 2.67 bits per heavy atom. The lowest BCUT2D eigenvalue weighted by Crippen LogP contribution is -2.33. The maximum absolute atomic E-state index is 9.60. The second kappa shape index (κ2) is 4.03. The van der Waals surface area contributed by atoms with Crippen molar-refractivity contribution in [3.8, 4) is 0 Å². The Labute approximate surface area is 89.9 Å². The minimum absolute atomic E-state index is 0.0211. The van der Waals surface area contributed by atoms with Crippen LogP contribution < -0.4 is 0 Å². The van der Waals surface area contributed by atoms with Gasteiger partial charge >= 0.3 is 0 Å². The molecule has 0 aliphatic carbocycles. The third-order valence-corrected chi connectivity index (χ3v) is 2.43. The molecule has 1 aromatic rings. The summed E-state index contributed by atoms with van der Waals surface area (Å²) in [5.74, 6) is 0. The minimum Gasteiger partial charge on any atom is -0.394 e. The molecule has 3 N–H and O–H groups in total. The number of nitrogens with zero attached hydrogens (tertiary/aromatic N) is 3. The van der Waals surface area contributed by atoms with E-state index in [1.807, 2.05) is 0 Å². The molecule has 84 valence electrons. The Bertz CT molecular complexity index is 347. The van der Waals surface area contributed by atoms with Crippen molar-refractivity contribution in [3.63, 3.8) is 0 Å². The van der Waals surface area contributed by atoms with Crippen LogP contribution in [0.3, 0.4) is 0 Å². The normalized spacial score (nSPS) is 36.0. The Kier molecular flexibility index (Phi) is 2.89. The van der Waals surface area contributed by atoms with Gasteiger partial charge in [0.1, 0.15) is 24.6 Å². The minimum atomic E-state index is -1.17. The van der Waals surface area contributed by atoms with Crippen molar-refractivity contribution in [2.24, 2.45) is 0 Å². The van der Waals surface area contributed by atoms with Gasteiger partial charge in [-0.25, -0.2) is 9.67 Å². The Balaban J connectivity index is 2.18. The molecule has 0 aromatic carbocycles. The molecular weight excluding hydrogens is 226 g/mol. The first-order valence-corrected chi connectivity index (χ1v) is 4.70. The SMILES string of the molecule is OC[C@@H]1O[C@H](n2cnc(Cl)n2)[C@@H](O)[C@H]1O. The topological polar surface area (TPSA) is 101 Å². The Morgan fingerprint density at radius 2 is 2.20 bits per heavy atom. The van der Waals surface area contributed by atoms with Crippen LogP contribution in [0.2, 0.25) is 5.28 Å². The van der Waals surface area contributed by atoms with Gasteiger partial charge in [-0.3, -0.25) is 0 Å². The van der Waals surface area contributed by atoms with Crippen LogP contribution in [0.5, 0.6) is 0 Å². The van der Waals surface area contributed by atoms with Crippen molar-refractivity contribution in [2.75, 3.05) is 6.61 Å². The first-order chi connectivity index (χ1) is 7.13. The van der Waals surface area contributed by atoms with Crippen molar-refractivity contribution in [3.05, 3.63) is 11.6 Å². The Morgan fingerprint density at radius 1 is 1.47 bits per heavy atom. The lowest BCUT2D eigenvalue weighted by molar-refractivity contribution is -0.0587. The van der Waals surface area contributed by atoms with Crippen molar-refractivity contribution in [2.45, 2.75) is 24.5 Å². The summed E-state index contributed by atoms with van der Waals surface area (Å²) in [4.78, 5) is 3.65. The van der Waals surface area contributed by atoms with Crippen LogP contribution >= 0.6 is 11.6 Å². The fourth-order valence-electron chi connectivity index (χ4n) is 1.47. The number of aromatic nitrogens is 3. The molecule has 2 rings (SSSR count). The van der Waals surface area contributed by atoms with Crippen molar-refractivity contribution in [1.82, 2.24) is 14.8 Å². The molecule has 0 bridgehead atoms. The molecule has 0 amide bonds. The zero-order valence-electron chi connectivity index (χ0n) is 7.56. The van der Waals surface area contributed by atoms with Crippen LogP contribution in [0.15, 0.2) is 6.33 Å². The van der Waals surface area contributed by atoms with E-state index in [0.717, 1.165) is 0 Å². The van der Waals surface area contributed by atoms with Gasteiger partial charge in [-0.1, -0.05) is 0 Å². The predicted molar refractivity (Wildman–Crippen MR) is 48.0 cm³/mol. The maximum Gasteiger partial charge on any atom is 0.242 e. The molecule has 0 saturated carbocycles. The van der Waals surface area contributed by atoms with Crippen molar-refractivity contribution < 1.29 is 20.1 Å². The second-order valence-electron chi connectivity index (χ2n) is 3.22. The van der Waals surface area contributed by atoms with E-state index >= 15 is 0 Å². The molecule has 7 nitrogen and oxygen atoms in total. The van der Waals surface area contributed by atoms with Gasteiger partial charge in [0, 0.05) is 0 Å². The number of aliphatic hydroxyl groups is 3. The number of halogens is 1. The molecule has 1 saturated heterocycles. The second-order valence-corrected chi connectivity index (χ2v) is 3.56. The molecule has 0 spiro atoms. The van der Waals surface area contributed by atoms with Gasteiger partial charge in [-0.15, -0.1) is 5.10 Å². The zero-order valence-corrected chi connectivity index (χ0v) is 8.32. The van der Waals surface area contributed by atoms with E-state index < -0.39 is 24.5 Å². The van der Waals surface area contributed by atoms with E-state index in [9.17, 15) is 10.2 Å². The molecule has 1 fully saturated rings.